The molecule has 2 bridgehead atoms. The predicted octanol–water partition coefficient (Wildman–Crippen LogP) is -0.714. The largest absolute Gasteiger partial charge is 0.393 e. The van der Waals surface area contributed by atoms with E-state index >= 15 is 0 Å². The highest BCUT2D eigenvalue weighted by atomic mass is 16.7. The minimum atomic E-state index is -0.867. The molecule has 3 atom stereocenters. The van der Waals surface area contributed by atoms with E-state index in [0.717, 1.165) is 0 Å². The van der Waals surface area contributed by atoms with E-state index in [-0.39, 0.29) is 12.7 Å². The maximum Gasteiger partial charge on any atom is 0.143 e. The second-order valence-corrected chi connectivity index (χ2v) is 4.10. The summed E-state index contributed by atoms with van der Waals surface area (Å²) in [4.78, 5) is 0. The third kappa shape index (κ3) is 0.808. The molecular formula is C8H14O4. The molecule has 2 N–H and O–H groups in total. The zero-order chi connectivity index (χ0) is 8.98. The van der Waals surface area contributed by atoms with Gasteiger partial charge in [-0.05, 0) is 13.8 Å². The van der Waals surface area contributed by atoms with Crippen LogP contribution in [0.15, 0.2) is 0 Å². The summed E-state index contributed by atoms with van der Waals surface area (Å²) in [6.45, 7) is 3.82. The van der Waals surface area contributed by atoms with Crippen LogP contribution in [-0.2, 0) is 9.47 Å². The lowest BCUT2D eigenvalue weighted by Gasteiger charge is -2.33. The summed E-state index contributed by atoms with van der Waals surface area (Å²) in [5.74, 6) is 0. The summed E-state index contributed by atoms with van der Waals surface area (Å²) in [5, 5.41) is 18.8. The molecule has 0 aromatic heterocycles. The zero-order valence-corrected chi connectivity index (χ0v) is 7.28. The molecule has 2 fully saturated rings. The van der Waals surface area contributed by atoms with Crippen molar-refractivity contribution in [3.05, 3.63) is 0 Å². The van der Waals surface area contributed by atoms with Crippen LogP contribution in [-0.4, -0.2) is 46.8 Å². The molecule has 0 saturated carbocycles. The Morgan fingerprint density at radius 3 is 2.42 bits per heavy atom. The Labute approximate surface area is 71.1 Å². The molecule has 0 spiro atoms. The van der Waals surface area contributed by atoms with Gasteiger partial charge in [0.15, 0.2) is 0 Å². The maximum absolute atomic E-state index is 9.70. The highest BCUT2D eigenvalue weighted by Crippen LogP contribution is 2.45. The van der Waals surface area contributed by atoms with E-state index in [1.165, 1.54) is 0 Å². The summed E-state index contributed by atoms with van der Waals surface area (Å²) in [5.41, 5.74) is -1.35. The van der Waals surface area contributed by atoms with Gasteiger partial charge in [-0.15, -0.1) is 0 Å². The van der Waals surface area contributed by atoms with Crippen LogP contribution in [0.5, 0.6) is 0 Å². The quantitative estimate of drug-likeness (QED) is 0.551. The second-order valence-electron chi connectivity index (χ2n) is 4.10. The highest BCUT2D eigenvalue weighted by molar-refractivity contribution is 5.11. The molecule has 2 heterocycles. The summed E-state index contributed by atoms with van der Waals surface area (Å²) in [6.07, 6.45) is -0.998. The third-order valence-corrected chi connectivity index (χ3v) is 2.75. The number of hydrogen-bond donors (Lipinski definition) is 2. The average molecular weight is 174 g/mol. The molecule has 2 saturated heterocycles. The van der Waals surface area contributed by atoms with Crippen molar-refractivity contribution in [3.63, 3.8) is 0 Å². The van der Waals surface area contributed by atoms with E-state index in [9.17, 15) is 5.11 Å². The van der Waals surface area contributed by atoms with E-state index in [4.69, 9.17) is 14.6 Å². The Morgan fingerprint density at radius 2 is 2.17 bits per heavy atom. The molecule has 4 nitrogen and oxygen atoms in total. The van der Waals surface area contributed by atoms with Gasteiger partial charge in [0.2, 0.25) is 0 Å². The first-order valence-corrected chi connectivity index (χ1v) is 4.12. The van der Waals surface area contributed by atoms with Crippen LogP contribution in [0.4, 0.5) is 0 Å². The Morgan fingerprint density at radius 1 is 1.50 bits per heavy atom. The van der Waals surface area contributed by atoms with Gasteiger partial charge in [-0.1, -0.05) is 0 Å². The molecule has 12 heavy (non-hydrogen) atoms. The van der Waals surface area contributed by atoms with Crippen LogP contribution in [0.25, 0.3) is 0 Å². The zero-order valence-electron chi connectivity index (χ0n) is 7.28. The fourth-order valence-electron chi connectivity index (χ4n) is 2.11. The first kappa shape index (κ1) is 8.44. The van der Waals surface area contributed by atoms with Gasteiger partial charge < -0.3 is 19.7 Å². The Kier molecular flexibility index (Phi) is 1.55. The van der Waals surface area contributed by atoms with Crippen LogP contribution < -0.4 is 0 Å². The van der Waals surface area contributed by atoms with E-state index in [1.807, 2.05) is 13.8 Å². The molecule has 4 heteroatoms. The van der Waals surface area contributed by atoms with Crippen LogP contribution in [0.1, 0.15) is 13.8 Å². The SMILES string of the molecule is CC1(C)O[C@@]2(CO)CO[C@H]1C2O. The van der Waals surface area contributed by atoms with Gasteiger partial charge in [-0.25, -0.2) is 0 Å². The summed E-state index contributed by atoms with van der Waals surface area (Å²) >= 11 is 0. The Balaban J connectivity index is 2.31. The normalized spacial score (nSPS) is 50.0. The van der Waals surface area contributed by atoms with Gasteiger partial charge in [-0.3, -0.25) is 0 Å². The minimum Gasteiger partial charge on any atom is -0.393 e. The molecule has 2 aliphatic heterocycles. The van der Waals surface area contributed by atoms with Crippen molar-refractivity contribution >= 4 is 0 Å². The molecule has 0 amide bonds. The summed E-state index contributed by atoms with van der Waals surface area (Å²) in [7, 11) is 0. The van der Waals surface area contributed by atoms with Gasteiger partial charge in [0.25, 0.3) is 0 Å². The van der Waals surface area contributed by atoms with Crippen molar-refractivity contribution in [1.82, 2.24) is 0 Å². The van der Waals surface area contributed by atoms with Crippen LogP contribution >= 0.6 is 0 Å². The van der Waals surface area contributed by atoms with Gasteiger partial charge in [0, 0.05) is 0 Å². The second kappa shape index (κ2) is 2.20. The molecule has 0 aliphatic carbocycles. The average Bonchev–Trinajstić information content (AvgIpc) is 2.38. The van der Waals surface area contributed by atoms with Crippen molar-refractivity contribution < 1.29 is 19.7 Å². The molecule has 2 aliphatic rings. The lowest BCUT2D eigenvalue weighted by atomic mass is 9.96. The number of aliphatic hydroxyl groups excluding tert-OH is 2. The monoisotopic (exact) mass is 174 g/mol. The van der Waals surface area contributed by atoms with Crippen molar-refractivity contribution in [2.24, 2.45) is 0 Å². The maximum atomic E-state index is 9.70. The van der Waals surface area contributed by atoms with E-state index in [2.05, 4.69) is 0 Å². The number of rotatable bonds is 1. The Bertz CT molecular complexity index is 203. The van der Waals surface area contributed by atoms with Crippen molar-refractivity contribution in [3.8, 4) is 0 Å². The summed E-state index contributed by atoms with van der Waals surface area (Å²) < 4.78 is 10.9. The fourth-order valence-corrected chi connectivity index (χ4v) is 2.11. The molecule has 0 aromatic rings. The molecule has 70 valence electrons. The first-order chi connectivity index (χ1) is 5.52. The van der Waals surface area contributed by atoms with Gasteiger partial charge in [-0.2, -0.15) is 0 Å². The van der Waals surface area contributed by atoms with Crippen LogP contribution in [0.2, 0.25) is 0 Å². The van der Waals surface area contributed by atoms with E-state index in [0.29, 0.717) is 6.61 Å². The Hall–Kier alpha value is -0.160. The first-order valence-electron chi connectivity index (χ1n) is 4.12. The van der Waals surface area contributed by atoms with Gasteiger partial charge in [0.05, 0.1) is 18.8 Å². The van der Waals surface area contributed by atoms with Crippen molar-refractivity contribution in [2.75, 3.05) is 13.2 Å². The number of fused-ring (bicyclic) bond motifs is 2. The van der Waals surface area contributed by atoms with Gasteiger partial charge in [0.1, 0.15) is 17.8 Å². The standard InChI is InChI=1S/C8H14O4/c1-7(2)6-5(10)8(3-9,12-7)4-11-6/h5-6,9-10H,3-4H2,1-2H3/t5?,6-,8-/m0/s1. The minimum absolute atomic E-state index is 0.186. The smallest absolute Gasteiger partial charge is 0.143 e. The fraction of sp³-hybridized carbons (Fsp3) is 1.00. The predicted molar refractivity (Wildman–Crippen MR) is 40.7 cm³/mol. The highest BCUT2D eigenvalue weighted by Gasteiger charge is 2.64. The van der Waals surface area contributed by atoms with Crippen molar-refractivity contribution in [2.45, 2.75) is 37.3 Å². The summed E-state index contributed by atoms with van der Waals surface area (Å²) in [6, 6.07) is 0. The molecular weight excluding hydrogens is 160 g/mol. The van der Waals surface area contributed by atoms with Gasteiger partial charge >= 0.3 is 0 Å². The molecule has 2 rings (SSSR count). The van der Waals surface area contributed by atoms with Crippen molar-refractivity contribution in [1.29, 1.82) is 0 Å². The number of ether oxygens (including phenoxy) is 2. The number of hydrogen-bond acceptors (Lipinski definition) is 4. The molecule has 0 radical (unpaired) electrons. The molecule has 1 unspecified atom stereocenters. The number of aliphatic hydroxyl groups is 2. The lowest BCUT2D eigenvalue weighted by molar-refractivity contribution is -0.198. The lowest BCUT2D eigenvalue weighted by Crippen LogP contribution is -2.46. The van der Waals surface area contributed by atoms with Crippen LogP contribution in [0.3, 0.4) is 0 Å². The van der Waals surface area contributed by atoms with Crippen LogP contribution in [0, 0.1) is 0 Å². The third-order valence-electron chi connectivity index (χ3n) is 2.75. The van der Waals surface area contributed by atoms with E-state index < -0.39 is 17.3 Å². The topological polar surface area (TPSA) is 58.9 Å². The van der Waals surface area contributed by atoms with E-state index in [1.54, 1.807) is 0 Å². The molecule has 0 aromatic carbocycles.